The summed E-state index contributed by atoms with van der Waals surface area (Å²) in [5.41, 5.74) is 2.08. The van der Waals surface area contributed by atoms with Gasteiger partial charge < -0.3 is 9.84 Å². The number of hydrogen-bond acceptors (Lipinski definition) is 4. The van der Waals surface area contributed by atoms with Gasteiger partial charge in [0.1, 0.15) is 6.10 Å². The lowest BCUT2D eigenvalue weighted by molar-refractivity contribution is -0.167. The van der Waals surface area contributed by atoms with Crippen molar-refractivity contribution >= 4 is 5.97 Å². The molecule has 1 N–H and O–H groups in total. The molecule has 1 aromatic carbocycles. The number of ether oxygens (including phenoxy) is 1. The van der Waals surface area contributed by atoms with Gasteiger partial charge in [-0.15, -0.1) is 0 Å². The lowest BCUT2D eigenvalue weighted by Crippen LogP contribution is -2.53. The predicted molar refractivity (Wildman–Crippen MR) is 122 cm³/mol. The molecule has 2 bridgehead atoms. The normalized spacial score (nSPS) is 34.9. The first-order valence-electron chi connectivity index (χ1n) is 12.8. The summed E-state index contributed by atoms with van der Waals surface area (Å²) in [6.07, 6.45) is 12.8. The van der Waals surface area contributed by atoms with Gasteiger partial charge in [0.15, 0.2) is 0 Å². The molecule has 31 heavy (non-hydrogen) atoms. The fourth-order valence-corrected chi connectivity index (χ4v) is 6.74. The molecule has 170 valence electrons. The zero-order valence-electron chi connectivity index (χ0n) is 18.9. The van der Waals surface area contributed by atoms with Crippen molar-refractivity contribution in [3.8, 4) is 0 Å². The number of hydrogen-bond donors (Lipinski definition) is 1. The minimum absolute atomic E-state index is 0.0453. The number of nitrogens with zero attached hydrogens (tertiary/aromatic N) is 1. The van der Waals surface area contributed by atoms with Gasteiger partial charge in [-0.05, 0) is 93.8 Å². The maximum atomic E-state index is 13.7. The van der Waals surface area contributed by atoms with E-state index in [1.54, 1.807) is 0 Å². The quantitative estimate of drug-likeness (QED) is 0.700. The molecule has 5 fully saturated rings. The Morgan fingerprint density at radius 2 is 1.77 bits per heavy atom. The van der Waals surface area contributed by atoms with Crippen molar-refractivity contribution in [3.05, 3.63) is 35.4 Å². The van der Waals surface area contributed by atoms with E-state index < -0.39 is 5.41 Å². The Hall–Kier alpha value is -1.39. The van der Waals surface area contributed by atoms with Crippen LogP contribution in [0.2, 0.25) is 0 Å². The molecule has 5 aliphatic rings. The van der Waals surface area contributed by atoms with Gasteiger partial charge in [-0.25, -0.2) is 0 Å². The number of aliphatic hydroxyl groups excluding tert-OH is 1. The molecule has 1 aromatic rings. The maximum absolute atomic E-state index is 13.7. The minimum atomic E-state index is -0.455. The number of fused-ring (bicyclic) bond motifs is 3. The third-order valence-corrected chi connectivity index (χ3v) is 8.77. The second-order valence-corrected chi connectivity index (χ2v) is 10.8. The number of carbonyl (C=O) groups is 1. The van der Waals surface area contributed by atoms with Crippen LogP contribution in [0.15, 0.2) is 24.3 Å². The maximum Gasteiger partial charge on any atom is 0.316 e. The summed E-state index contributed by atoms with van der Waals surface area (Å²) in [7, 11) is 0. The summed E-state index contributed by atoms with van der Waals surface area (Å²) in [6.45, 7) is 3.27. The number of carbonyl (C=O) groups excluding carboxylic acids is 1. The number of aliphatic hydroxyl groups is 1. The average Bonchev–Trinajstić information content (AvgIpc) is 2.82. The molecule has 6 rings (SSSR count). The SMILES string of the molecule is O=C(O[C@H]1CN2CCC1CC2)C1(c2cccc(CC3CCC(O)CC3)c2)CCCCC1. The summed E-state index contributed by atoms with van der Waals surface area (Å²) in [4.78, 5) is 16.2. The molecule has 0 aromatic heterocycles. The topological polar surface area (TPSA) is 49.8 Å². The van der Waals surface area contributed by atoms with Crippen molar-refractivity contribution in [3.63, 3.8) is 0 Å². The molecule has 1 atom stereocenters. The van der Waals surface area contributed by atoms with Gasteiger partial charge in [-0.2, -0.15) is 0 Å². The summed E-state index contributed by atoms with van der Waals surface area (Å²) in [5.74, 6) is 1.26. The second kappa shape index (κ2) is 9.23. The van der Waals surface area contributed by atoms with Crippen LogP contribution in [0.1, 0.15) is 81.8 Å². The van der Waals surface area contributed by atoms with Crippen LogP contribution in [-0.2, 0) is 21.4 Å². The predicted octanol–water partition coefficient (Wildman–Crippen LogP) is 4.62. The molecule has 3 saturated heterocycles. The highest BCUT2D eigenvalue weighted by atomic mass is 16.5. The number of rotatable bonds is 5. The molecule has 3 heterocycles. The second-order valence-electron chi connectivity index (χ2n) is 10.8. The molecule has 0 radical (unpaired) electrons. The van der Waals surface area contributed by atoms with Gasteiger partial charge >= 0.3 is 5.97 Å². The zero-order chi connectivity index (χ0) is 21.3. The van der Waals surface area contributed by atoms with Crippen molar-refractivity contribution in [2.75, 3.05) is 19.6 Å². The van der Waals surface area contributed by atoms with Gasteiger partial charge in [0.05, 0.1) is 11.5 Å². The van der Waals surface area contributed by atoms with Crippen LogP contribution < -0.4 is 0 Å². The largest absolute Gasteiger partial charge is 0.460 e. The van der Waals surface area contributed by atoms with E-state index >= 15 is 0 Å². The van der Waals surface area contributed by atoms with Crippen LogP contribution in [0, 0.1) is 11.8 Å². The highest BCUT2D eigenvalue weighted by Crippen LogP contribution is 2.42. The van der Waals surface area contributed by atoms with Crippen LogP contribution >= 0.6 is 0 Å². The summed E-state index contributed by atoms with van der Waals surface area (Å²) in [5, 5.41) is 9.82. The Balaban J connectivity index is 1.33. The van der Waals surface area contributed by atoms with Crippen LogP contribution in [-0.4, -0.2) is 47.8 Å². The van der Waals surface area contributed by atoms with Crippen molar-refractivity contribution in [2.45, 2.75) is 94.7 Å². The van der Waals surface area contributed by atoms with E-state index in [0.29, 0.717) is 11.8 Å². The highest BCUT2D eigenvalue weighted by molar-refractivity contribution is 5.83. The first-order valence-corrected chi connectivity index (χ1v) is 12.8. The molecular formula is C27H39NO3. The van der Waals surface area contributed by atoms with Crippen LogP contribution in [0.3, 0.4) is 0 Å². The first kappa shape index (κ1) is 21.5. The van der Waals surface area contributed by atoms with Gasteiger partial charge in [0, 0.05) is 6.54 Å². The summed E-state index contributed by atoms with van der Waals surface area (Å²) >= 11 is 0. The van der Waals surface area contributed by atoms with E-state index in [4.69, 9.17) is 4.74 Å². The van der Waals surface area contributed by atoms with E-state index in [9.17, 15) is 9.90 Å². The lowest BCUT2D eigenvalue weighted by Gasteiger charge is -2.45. The molecular weight excluding hydrogens is 386 g/mol. The monoisotopic (exact) mass is 425 g/mol. The number of esters is 1. The average molecular weight is 426 g/mol. The van der Waals surface area contributed by atoms with Crippen LogP contribution in [0.5, 0.6) is 0 Å². The van der Waals surface area contributed by atoms with E-state index in [1.807, 2.05) is 0 Å². The van der Waals surface area contributed by atoms with Crippen molar-refractivity contribution in [1.82, 2.24) is 4.90 Å². The van der Waals surface area contributed by atoms with Crippen molar-refractivity contribution in [1.29, 1.82) is 0 Å². The van der Waals surface area contributed by atoms with Crippen LogP contribution in [0.4, 0.5) is 0 Å². The Kier molecular flexibility index (Phi) is 6.39. The van der Waals surface area contributed by atoms with Gasteiger partial charge in [0.25, 0.3) is 0 Å². The zero-order valence-corrected chi connectivity index (χ0v) is 18.9. The Bertz CT molecular complexity index is 755. The molecule has 2 aliphatic carbocycles. The van der Waals surface area contributed by atoms with E-state index in [0.717, 1.165) is 64.3 Å². The van der Waals surface area contributed by atoms with Gasteiger partial charge in [-0.3, -0.25) is 9.69 Å². The molecule has 4 nitrogen and oxygen atoms in total. The van der Waals surface area contributed by atoms with Gasteiger partial charge in [0.2, 0.25) is 0 Å². The molecule has 0 spiro atoms. The van der Waals surface area contributed by atoms with Crippen molar-refractivity contribution < 1.29 is 14.6 Å². The smallest absolute Gasteiger partial charge is 0.316 e. The molecule has 4 heteroatoms. The Morgan fingerprint density at radius 3 is 2.45 bits per heavy atom. The van der Waals surface area contributed by atoms with Crippen LogP contribution in [0.25, 0.3) is 0 Å². The first-order chi connectivity index (χ1) is 15.1. The molecule has 3 aliphatic heterocycles. The molecule has 0 unspecified atom stereocenters. The number of piperidine rings is 3. The fourth-order valence-electron chi connectivity index (χ4n) is 6.74. The van der Waals surface area contributed by atoms with Gasteiger partial charge in [-0.1, -0.05) is 43.5 Å². The third-order valence-electron chi connectivity index (χ3n) is 8.77. The Morgan fingerprint density at radius 1 is 1.03 bits per heavy atom. The summed E-state index contributed by atoms with van der Waals surface area (Å²) < 4.78 is 6.32. The lowest BCUT2D eigenvalue weighted by atomic mass is 9.68. The fraction of sp³-hybridized carbons (Fsp3) is 0.741. The summed E-state index contributed by atoms with van der Waals surface area (Å²) in [6, 6.07) is 8.87. The molecule has 2 saturated carbocycles. The van der Waals surface area contributed by atoms with E-state index in [2.05, 4.69) is 29.2 Å². The third kappa shape index (κ3) is 4.57. The minimum Gasteiger partial charge on any atom is -0.460 e. The standard InChI is InChI=1S/C27H39NO3/c29-24-9-7-20(8-10-24)17-21-5-4-6-23(18-21)27(13-2-1-3-14-27)26(30)31-25-19-28-15-11-22(25)12-16-28/h4-6,18,20,22,24-25,29H,1-3,7-17,19H2/t20?,24?,25-/m0/s1. The van der Waals surface area contributed by atoms with E-state index in [-0.39, 0.29) is 18.2 Å². The van der Waals surface area contributed by atoms with Crippen molar-refractivity contribution in [2.24, 2.45) is 11.8 Å². The molecule has 0 amide bonds. The Labute approximate surface area is 187 Å². The highest BCUT2D eigenvalue weighted by Gasteiger charge is 2.45. The van der Waals surface area contributed by atoms with E-state index in [1.165, 1.54) is 43.5 Å². The number of benzene rings is 1.